The van der Waals surface area contributed by atoms with Gasteiger partial charge in [0.25, 0.3) is 0 Å². The number of rotatable bonds is 2. The molecule has 0 aromatic carbocycles. The van der Waals surface area contributed by atoms with Gasteiger partial charge in [-0.2, -0.15) is 0 Å². The first-order valence-electron chi connectivity index (χ1n) is 5.50. The van der Waals surface area contributed by atoms with E-state index in [2.05, 4.69) is 16.8 Å². The van der Waals surface area contributed by atoms with Gasteiger partial charge in [0, 0.05) is 20.1 Å². The third-order valence-electron chi connectivity index (χ3n) is 3.02. The number of imidazole rings is 1. The summed E-state index contributed by atoms with van der Waals surface area (Å²) in [5.74, 6) is 1.19. The zero-order valence-electron chi connectivity index (χ0n) is 9.59. The molecule has 6 heteroatoms. The molecule has 0 N–H and O–H groups in total. The van der Waals surface area contributed by atoms with Gasteiger partial charge in [-0.15, -0.1) is 0 Å². The molecular formula is C10H16N4O2. The van der Waals surface area contributed by atoms with Gasteiger partial charge in [-0.1, -0.05) is 6.92 Å². The maximum absolute atomic E-state index is 10.9. The Morgan fingerprint density at radius 1 is 1.62 bits per heavy atom. The van der Waals surface area contributed by atoms with Crippen LogP contribution in [0.15, 0.2) is 6.33 Å². The molecular weight excluding hydrogens is 208 g/mol. The smallest absolute Gasteiger partial charge is 0.358 e. The normalized spacial score (nSPS) is 21.1. The molecule has 16 heavy (non-hydrogen) atoms. The standard InChI is InChI=1S/C10H16N4O2/c1-8-4-3-5-13(6-8)10-9(14(15)16)11-7-12(10)2/h7-8H,3-6H2,1-2H3. The van der Waals surface area contributed by atoms with E-state index in [9.17, 15) is 10.1 Å². The van der Waals surface area contributed by atoms with Crippen molar-refractivity contribution in [3.63, 3.8) is 0 Å². The van der Waals surface area contributed by atoms with Gasteiger partial charge in [-0.25, -0.2) is 0 Å². The molecule has 0 saturated carbocycles. The summed E-state index contributed by atoms with van der Waals surface area (Å²) in [6, 6.07) is 0. The SMILES string of the molecule is CC1CCCN(c2c([N+](=O)[O-])ncn2C)C1. The Balaban J connectivity index is 2.31. The fourth-order valence-corrected chi connectivity index (χ4v) is 2.29. The van der Waals surface area contributed by atoms with Crippen molar-refractivity contribution >= 4 is 11.6 Å². The first-order chi connectivity index (χ1) is 7.59. The molecule has 88 valence electrons. The maximum Gasteiger partial charge on any atom is 0.406 e. The van der Waals surface area contributed by atoms with Crippen LogP contribution in [0.5, 0.6) is 0 Å². The van der Waals surface area contributed by atoms with Crippen LogP contribution in [0, 0.1) is 16.0 Å². The topological polar surface area (TPSA) is 64.2 Å². The molecule has 1 aliphatic heterocycles. The second-order valence-electron chi connectivity index (χ2n) is 4.45. The Hall–Kier alpha value is -1.59. The van der Waals surface area contributed by atoms with E-state index in [1.54, 1.807) is 11.6 Å². The zero-order chi connectivity index (χ0) is 11.7. The van der Waals surface area contributed by atoms with Gasteiger partial charge < -0.3 is 15.0 Å². The lowest BCUT2D eigenvalue weighted by Crippen LogP contribution is -2.35. The fraction of sp³-hybridized carbons (Fsp3) is 0.700. The second-order valence-corrected chi connectivity index (χ2v) is 4.45. The lowest BCUT2D eigenvalue weighted by Gasteiger charge is -2.31. The largest absolute Gasteiger partial charge is 0.406 e. The fourth-order valence-electron chi connectivity index (χ4n) is 2.29. The molecule has 0 spiro atoms. The van der Waals surface area contributed by atoms with Crippen LogP contribution in [0.4, 0.5) is 11.6 Å². The van der Waals surface area contributed by atoms with Crippen LogP contribution in [0.25, 0.3) is 0 Å². The predicted molar refractivity (Wildman–Crippen MR) is 60.5 cm³/mol. The van der Waals surface area contributed by atoms with Crippen molar-refractivity contribution in [1.82, 2.24) is 9.55 Å². The minimum Gasteiger partial charge on any atom is -0.358 e. The highest BCUT2D eigenvalue weighted by Crippen LogP contribution is 2.29. The van der Waals surface area contributed by atoms with E-state index < -0.39 is 4.92 Å². The van der Waals surface area contributed by atoms with Crippen LogP contribution in [0.3, 0.4) is 0 Å². The van der Waals surface area contributed by atoms with E-state index in [0.29, 0.717) is 11.7 Å². The quantitative estimate of drug-likeness (QED) is 0.565. The van der Waals surface area contributed by atoms with Crippen LogP contribution in [-0.2, 0) is 7.05 Å². The van der Waals surface area contributed by atoms with Crippen LogP contribution in [0.2, 0.25) is 0 Å². The van der Waals surface area contributed by atoms with Crippen molar-refractivity contribution in [2.75, 3.05) is 18.0 Å². The van der Waals surface area contributed by atoms with Gasteiger partial charge in [0.05, 0.1) is 0 Å². The van der Waals surface area contributed by atoms with Crippen LogP contribution < -0.4 is 4.90 Å². The summed E-state index contributed by atoms with van der Waals surface area (Å²) in [6.07, 6.45) is 3.79. The summed E-state index contributed by atoms with van der Waals surface area (Å²) < 4.78 is 1.73. The van der Waals surface area contributed by atoms with Crippen molar-refractivity contribution < 1.29 is 4.92 Å². The molecule has 1 aromatic rings. The molecule has 0 bridgehead atoms. The van der Waals surface area contributed by atoms with Crippen LogP contribution in [-0.4, -0.2) is 27.6 Å². The predicted octanol–water partition coefficient (Wildman–Crippen LogP) is 1.56. The first kappa shape index (κ1) is 10.9. The molecule has 0 amide bonds. The summed E-state index contributed by atoms with van der Waals surface area (Å²) in [5.41, 5.74) is 0. The molecule has 2 rings (SSSR count). The van der Waals surface area contributed by atoms with Crippen molar-refractivity contribution in [2.24, 2.45) is 13.0 Å². The number of piperidine rings is 1. The highest BCUT2D eigenvalue weighted by atomic mass is 16.6. The van der Waals surface area contributed by atoms with Crippen molar-refractivity contribution in [3.8, 4) is 0 Å². The minimum atomic E-state index is -0.408. The summed E-state index contributed by atoms with van der Waals surface area (Å²) in [4.78, 5) is 16.4. The molecule has 1 atom stereocenters. The summed E-state index contributed by atoms with van der Waals surface area (Å²) in [5, 5.41) is 10.9. The van der Waals surface area contributed by atoms with Gasteiger partial charge in [-0.05, 0) is 28.7 Å². The number of hydrogen-bond donors (Lipinski definition) is 0. The maximum atomic E-state index is 10.9. The Kier molecular flexibility index (Phi) is 2.80. The first-order valence-corrected chi connectivity index (χ1v) is 5.50. The molecule has 1 aliphatic rings. The Labute approximate surface area is 94.0 Å². The number of aromatic nitrogens is 2. The average molecular weight is 224 g/mol. The number of anilines is 1. The average Bonchev–Trinajstić information content (AvgIpc) is 2.60. The van der Waals surface area contributed by atoms with E-state index in [-0.39, 0.29) is 5.82 Å². The third-order valence-corrected chi connectivity index (χ3v) is 3.02. The Morgan fingerprint density at radius 3 is 3.00 bits per heavy atom. The van der Waals surface area contributed by atoms with Gasteiger partial charge in [0.2, 0.25) is 12.1 Å². The molecule has 1 saturated heterocycles. The number of nitrogens with zero attached hydrogens (tertiary/aromatic N) is 4. The van der Waals surface area contributed by atoms with E-state index in [1.807, 2.05) is 0 Å². The molecule has 0 radical (unpaired) electrons. The molecule has 1 unspecified atom stereocenters. The minimum absolute atomic E-state index is 0.0309. The number of hydrogen-bond acceptors (Lipinski definition) is 4. The van der Waals surface area contributed by atoms with Gasteiger partial charge in [0.1, 0.15) is 0 Å². The van der Waals surface area contributed by atoms with Crippen molar-refractivity contribution in [2.45, 2.75) is 19.8 Å². The van der Waals surface area contributed by atoms with Gasteiger partial charge in [-0.3, -0.25) is 4.57 Å². The van der Waals surface area contributed by atoms with E-state index >= 15 is 0 Å². The molecule has 1 aromatic heterocycles. The van der Waals surface area contributed by atoms with Gasteiger partial charge in [0.15, 0.2) is 0 Å². The molecule has 6 nitrogen and oxygen atoms in total. The van der Waals surface area contributed by atoms with E-state index in [4.69, 9.17) is 0 Å². The Morgan fingerprint density at radius 2 is 2.38 bits per heavy atom. The Bertz CT molecular complexity index is 402. The monoisotopic (exact) mass is 224 g/mol. The number of nitro groups is 1. The molecule has 2 heterocycles. The molecule has 1 fully saturated rings. The summed E-state index contributed by atoms with van der Waals surface area (Å²) in [7, 11) is 1.80. The van der Waals surface area contributed by atoms with E-state index in [0.717, 1.165) is 19.5 Å². The molecule has 0 aliphatic carbocycles. The summed E-state index contributed by atoms with van der Waals surface area (Å²) >= 11 is 0. The van der Waals surface area contributed by atoms with Crippen molar-refractivity contribution in [1.29, 1.82) is 0 Å². The van der Waals surface area contributed by atoms with Crippen LogP contribution >= 0.6 is 0 Å². The lowest BCUT2D eigenvalue weighted by atomic mass is 10.0. The second kappa shape index (κ2) is 4.11. The zero-order valence-corrected chi connectivity index (χ0v) is 9.59. The van der Waals surface area contributed by atoms with Crippen LogP contribution in [0.1, 0.15) is 19.8 Å². The summed E-state index contributed by atoms with van der Waals surface area (Å²) in [6.45, 7) is 3.93. The van der Waals surface area contributed by atoms with E-state index in [1.165, 1.54) is 12.7 Å². The lowest BCUT2D eigenvalue weighted by molar-refractivity contribution is -0.388. The highest BCUT2D eigenvalue weighted by Gasteiger charge is 2.28. The van der Waals surface area contributed by atoms with Crippen molar-refractivity contribution in [3.05, 3.63) is 16.4 Å². The third kappa shape index (κ3) is 1.87. The highest BCUT2D eigenvalue weighted by molar-refractivity contribution is 5.54. The number of aryl methyl sites for hydroxylation is 1. The van der Waals surface area contributed by atoms with Gasteiger partial charge >= 0.3 is 5.82 Å².